The van der Waals surface area contributed by atoms with Crippen molar-refractivity contribution in [1.82, 2.24) is 0 Å². The molecule has 1 N–H and O–H groups in total. The first-order valence-corrected chi connectivity index (χ1v) is 4.43. The van der Waals surface area contributed by atoms with Gasteiger partial charge in [0.1, 0.15) is 6.10 Å². The van der Waals surface area contributed by atoms with Crippen molar-refractivity contribution >= 4 is 0 Å². The molecule has 0 heterocycles. The molecule has 0 aromatic rings. The third kappa shape index (κ3) is 3.73. The van der Waals surface area contributed by atoms with Gasteiger partial charge in [-0.1, -0.05) is 30.4 Å². The fourth-order valence-electron chi connectivity index (χ4n) is 1.16. The van der Waals surface area contributed by atoms with Crippen LogP contribution in [0.4, 0.5) is 0 Å². The van der Waals surface area contributed by atoms with Gasteiger partial charge in [-0.15, -0.1) is 0 Å². The van der Waals surface area contributed by atoms with Crippen LogP contribution in [0.1, 0.15) is 19.3 Å². The average Bonchev–Trinajstić information content (AvgIpc) is 2.42. The van der Waals surface area contributed by atoms with E-state index in [1.807, 2.05) is 18.2 Å². The quantitative estimate of drug-likeness (QED) is 0.667. The van der Waals surface area contributed by atoms with Gasteiger partial charge in [-0.2, -0.15) is 5.26 Å². The first-order valence-electron chi connectivity index (χ1n) is 4.43. The third-order valence-electron chi connectivity index (χ3n) is 1.91. The molecule has 1 aliphatic carbocycles. The first kappa shape index (κ1) is 9.76. The number of rotatable bonds is 3. The van der Waals surface area contributed by atoms with Crippen molar-refractivity contribution < 1.29 is 5.11 Å². The Labute approximate surface area is 78.5 Å². The number of allylic oxidation sites excluding steroid dienone is 6. The summed E-state index contributed by atoms with van der Waals surface area (Å²) in [5, 5.41) is 17.4. The second-order valence-corrected chi connectivity index (χ2v) is 2.99. The maximum Gasteiger partial charge on any atom is 0.140 e. The molecular formula is C11H13NO. The molecule has 0 amide bonds. The van der Waals surface area contributed by atoms with E-state index in [0.29, 0.717) is 6.42 Å². The van der Waals surface area contributed by atoms with Crippen LogP contribution in [0.2, 0.25) is 0 Å². The lowest BCUT2D eigenvalue weighted by atomic mass is 10.1. The molecule has 0 saturated carbocycles. The van der Waals surface area contributed by atoms with Crippen molar-refractivity contribution in [2.75, 3.05) is 0 Å². The van der Waals surface area contributed by atoms with Crippen LogP contribution in [0.3, 0.4) is 0 Å². The first-order chi connectivity index (χ1) is 6.33. The lowest BCUT2D eigenvalue weighted by Gasteiger charge is -2.01. The number of nitriles is 1. The van der Waals surface area contributed by atoms with E-state index in [2.05, 4.69) is 12.2 Å². The molecule has 1 rings (SSSR count). The van der Waals surface area contributed by atoms with Gasteiger partial charge in [0.25, 0.3) is 0 Å². The molecule has 1 unspecified atom stereocenters. The van der Waals surface area contributed by atoms with Crippen LogP contribution in [0.15, 0.2) is 36.0 Å². The van der Waals surface area contributed by atoms with Crippen LogP contribution >= 0.6 is 0 Å². The van der Waals surface area contributed by atoms with Crippen molar-refractivity contribution in [3.8, 4) is 6.07 Å². The van der Waals surface area contributed by atoms with Gasteiger partial charge in [0.2, 0.25) is 0 Å². The summed E-state index contributed by atoms with van der Waals surface area (Å²) in [5.74, 6) is 0. The monoisotopic (exact) mass is 175 g/mol. The van der Waals surface area contributed by atoms with Gasteiger partial charge in [0.15, 0.2) is 0 Å². The molecule has 13 heavy (non-hydrogen) atoms. The Hall–Kier alpha value is -1.33. The Bertz CT molecular complexity index is 281. The highest BCUT2D eigenvalue weighted by Gasteiger charge is 2.02. The number of nitrogens with zero attached hydrogens (tertiary/aromatic N) is 1. The lowest BCUT2D eigenvalue weighted by molar-refractivity contribution is 0.220. The molecule has 1 aliphatic rings. The minimum absolute atomic E-state index is 0.514. The standard InChI is InChI=1S/C11H13NO/c12-9-11(13)8-7-10-5-3-1-2-4-6-10/h1,3-6,11,13H,2,7-8H2. The van der Waals surface area contributed by atoms with E-state index in [4.69, 9.17) is 10.4 Å². The zero-order valence-electron chi connectivity index (χ0n) is 7.48. The topological polar surface area (TPSA) is 44.0 Å². The van der Waals surface area contributed by atoms with Crippen molar-refractivity contribution in [3.63, 3.8) is 0 Å². The van der Waals surface area contributed by atoms with Gasteiger partial charge in [0, 0.05) is 0 Å². The highest BCUT2D eigenvalue weighted by molar-refractivity contribution is 5.27. The van der Waals surface area contributed by atoms with Crippen molar-refractivity contribution in [2.45, 2.75) is 25.4 Å². The molecule has 0 radical (unpaired) electrons. The summed E-state index contributed by atoms with van der Waals surface area (Å²) in [6.45, 7) is 0. The van der Waals surface area contributed by atoms with Gasteiger partial charge in [-0.3, -0.25) is 0 Å². The normalized spacial score (nSPS) is 17.4. The van der Waals surface area contributed by atoms with E-state index in [1.165, 1.54) is 5.57 Å². The van der Waals surface area contributed by atoms with Crippen LogP contribution in [0.5, 0.6) is 0 Å². The van der Waals surface area contributed by atoms with Crippen molar-refractivity contribution in [3.05, 3.63) is 36.0 Å². The summed E-state index contributed by atoms with van der Waals surface area (Å²) < 4.78 is 0. The maximum atomic E-state index is 9.03. The summed E-state index contributed by atoms with van der Waals surface area (Å²) in [7, 11) is 0. The molecular weight excluding hydrogens is 162 g/mol. The Morgan fingerprint density at radius 1 is 1.54 bits per heavy atom. The van der Waals surface area contributed by atoms with Crippen LogP contribution in [0.25, 0.3) is 0 Å². The third-order valence-corrected chi connectivity index (χ3v) is 1.91. The van der Waals surface area contributed by atoms with Crippen LogP contribution in [-0.2, 0) is 0 Å². The molecule has 0 aliphatic heterocycles. The molecule has 0 aromatic carbocycles. The lowest BCUT2D eigenvalue weighted by Crippen LogP contribution is -2.01. The molecule has 68 valence electrons. The SMILES string of the molecule is N#CC(O)CCC1=CC=CCC=C1. The highest BCUT2D eigenvalue weighted by Crippen LogP contribution is 2.12. The van der Waals surface area contributed by atoms with Crippen molar-refractivity contribution in [2.24, 2.45) is 0 Å². The van der Waals surface area contributed by atoms with Crippen LogP contribution in [0, 0.1) is 11.3 Å². The summed E-state index contributed by atoms with van der Waals surface area (Å²) in [6, 6.07) is 1.81. The van der Waals surface area contributed by atoms with Gasteiger partial charge >= 0.3 is 0 Å². The maximum absolute atomic E-state index is 9.03. The molecule has 0 fully saturated rings. The predicted molar refractivity (Wildman–Crippen MR) is 51.8 cm³/mol. The number of aliphatic hydroxyl groups excluding tert-OH is 1. The average molecular weight is 175 g/mol. The second-order valence-electron chi connectivity index (χ2n) is 2.99. The Balaban J connectivity index is 2.41. The second kappa shape index (κ2) is 5.34. The summed E-state index contributed by atoms with van der Waals surface area (Å²) in [4.78, 5) is 0. The minimum atomic E-state index is -0.832. The fourth-order valence-corrected chi connectivity index (χ4v) is 1.16. The van der Waals surface area contributed by atoms with Gasteiger partial charge < -0.3 is 5.11 Å². The van der Waals surface area contributed by atoms with E-state index in [0.717, 1.165) is 12.8 Å². The van der Waals surface area contributed by atoms with E-state index >= 15 is 0 Å². The van der Waals surface area contributed by atoms with Gasteiger partial charge in [0.05, 0.1) is 6.07 Å². The predicted octanol–water partition coefficient (Wildman–Crippen LogP) is 2.09. The Kier molecular flexibility index (Phi) is 4.01. The van der Waals surface area contributed by atoms with Crippen LogP contribution in [-0.4, -0.2) is 11.2 Å². The summed E-state index contributed by atoms with van der Waals surface area (Å²) >= 11 is 0. The van der Waals surface area contributed by atoms with E-state index < -0.39 is 6.10 Å². The van der Waals surface area contributed by atoms with E-state index in [9.17, 15) is 0 Å². The molecule has 1 atom stereocenters. The van der Waals surface area contributed by atoms with Crippen molar-refractivity contribution in [1.29, 1.82) is 5.26 Å². The van der Waals surface area contributed by atoms with Crippen LogP contribution < -0.4 is 0 Å². The smallest absolute Gasteiger partial charge is 0.140 e. The van der Waals surface area contributed by atoms with E-state index in [1.54, 1.807) is 6.07 Å². The molecule has 0 aromatic heterocycles. The van der Waals surface area contributed by atoms with E-state index in [-0.39, 0.29) is 0 Å². The largest absolute Gasteiger partial charge is 0.378 e. The molecule has 0 saturated heterocycles. The Morgan fingerprint density at radius 3 is 3.15 bits per heavy atom. The molecule has 0 bridgehead atoms. The molecule has 2 heteroatoms. The minimum Gasteiger partial charge on any atom is -0.378 e. The number of aliphatic hydroxyl groups is 1. The number of hydrogen-bond acceptors (Lipinski definition) is 2. The number of hydrogen-bond donors (Lipinski definition) is 1. The zero-order valence-corrected chi connectivity index (χ0v) is 7.48. The zero-order chi connectivity index (χ0) is 9.52. The molecule has 2 nitrogen and oxygen atoms in total. The molecule has 0 spiro atoms. The highest BCUT2D eigenvalue weighted by atomic mass is 16.3. The van der Waals surface area contributed by atoms with Gasteiger partial charge in [-0.25, -0.2) is 0 Å². The summed E-state index contributed by atoms with van der Waals surface area (Å²) in [6.07, 6.45) is 11.6. The fraction of sp³-hybridized carbons (Fsp3) is 0.364. The Morgan fingerprint density at radius 2 is 2.38 bits per heavy atom. The van der Waals surface area contributed by atoms with Gasteiger partial charge in [-0.05, 0) is 24.8 Å². The summed E-state index contributed by atoms with van der Waals surface area (Å²) in [5.41, 5.74) is 1.17.